The third kappa shape index (κ3) is 3.90. The molecule has 174 valence electrons. The van der Waals surface area contributed by atoms with Gasteiger partial charge in [-0.05, 0) is 31.2 Å². The molecule has 0 bridgehead atoms. The predicted molar refractivity (Wildman–Crippen MR) is 130 cm³/mol. The summed E-state index contributed by atoms with van der Waals surface area (Å²) in [7, 11) is 3.09. The predicted octanol–water partition coefficient (Wildman–Crippen LogP) is 3.58. The molecular weight excluding hydrogens is 454 g/mol. The maximum Gasteiger partial charge on any atom is 0.265 e. The molecule has 1 atom stereocenters. The summed E-state index contributed by atoms with van der Waals surface area (Å²) in [5.74, 6) is 1.48. The summed E-state index contributed by atoms with van der Waals surface area (Å²) in [6, 6.07) is 12.7. The Labute approximate surface area is 199 Å². The van der Waals surface area contributed by atoms with Gasteiger partial charge < -0.3 is 14.8 Å². The van der Waals surface area contributed by atoms with E-state index in [1.54, 1.807) is 40.8 Å². The number of carbonyl (C=O) groups excluding carboxylic acids is 1. The minimum Gasteiger partial charge on any atom is -0.497 e. The largest absolute Gasteiger partial charge is 0.497 e. The number of aromatic nitrogens is 4. The van der Waals surface area contributed by atoms with Crippen molar-refractivity contribution >= 4 is 34.4 Å². The average molecular weight is 478 g/mol. The Morgan fingerprint density at radius 3 is 2.71 bits per heavy atom. The van der Waals surface area contributed by atoms with Crippen LogP contribution in [0.3, 0.4) is 0 Å². The maximum atomic E-state index is 13.3. The molecule has 5 rings (SSSR count). The van der Waals surface area contributed by atoms with E-state index in [2.05, 4.69) is 10.4 Å². The van der Waals surface area contributed by atoms with Gasteiger partial charge in [-0.3, -0.25) is 14.2 Å². The molecule has 2 aromatic carbocycles. The number of hydrogen-bond donors (Lipinski definition) is 1. The van der Waals surface area contributed by atoms with E-state index in [4.69, 9.17) is 14.5 Å². The van der Waals surface area contributed by atoms with Crippen molar-refractivity contribution in [1.82, 2.24) is 19.3 Å². The molecule has 0 spiro atoms. The number of thioether (sulfide) groups is 1. The molecule has 9 nitrogen and oxygen atoms in total. The molecule has 0 saturated heterocycles. The van der Waals surface area contributed by atoms with Crippen LogP contribution in [0.25, 0.3) is 16.7 Å². The van der Waals surface area contributed by atoms with E-state index in [9.17, 15) is 9.59 Å². The standard InChI is InChI=1S/C24H23N5O4S/c1-14-4-6-15(7-5-14)29-22-18(12-25-29)23(31)28-16(13-34-24(28)27-22)10-21(30)26-19-11-17(32-2)8-9-20(19)33-3/h4-9,11-12,16H,10,13H2,1-3H3,(H,26,30). The van der Waals surface area contributed by atoms with E-state index in [-0.39, 0.29) is 23.9 Å². The minimum absolute atomic E-state index is 0.125. The topological polar surface area (TPSA) is 100 Å². The molecule has 10 heteroatoms. The number of rotatable bonds is 6. The Balaban J connectivity index is 1.42. The first kappa shape index (κ1) is 22.0. The van der Waals surface area contributed by atoms with Gasteiger partial charge in [-0.25, -0.2) is 9.67 Å². The van der Waals surface area contributed by atoms with Gasteiger partial charge in [0, 0.05) is 18.2 Å². The van der Waals surface area contributed by atoms with E-state index >= 15 is 0 Å². The molecular formula is C24H23N5O4S. The van der Waals surface area contributed by atoms with E-state index in [0.29, 0.717) is 39.1 Å². The monoisotopic (exact) mass is 477 g/mol. The van der Waals surface area contributed by atoms with Gasteiger partial charge in [-0.1, -0.05) is 29.5 Å². The summed E-state index contributed by atoms with van der Waals surface area (Å²) in [5.41, 5.74) is 2.80. The minimum atomic E-state index is -0.316. The maximum absolute atomic E-state index is 13.3. The molecule has 34 heavy (non-hydrogen) atoms. The van der Waals surface area contributed by atoms with Gasteiger partial charge in [-0.15, -0.1) is 0 Å². The molecule has 0 radical (unpaired) electrons. The zero-order valence-electron chi connectivity index (χ0n) is 18.9. The first-order valence-corrected chi connectivity index (χ1v) is 11.7. The Kier molecular flexibility index (Phi) is 5.74. The third-order valence-electron chi connectivity index (χ3n) is 5.75. The number of aryl methyl sites for hydroxylation is 1. The van der Waals surface area contributed by atoms with Crippen molar-refractivity contribution in [2.75, 3.05) is 25.3 Å². The molecule has 1 aliphatic rings. The van der Waals surface area contributed by atoms with Gasteiger partial charge >= 0.3 is 0 Å². The summed E-state index contributed by atoms with van der Waals surface area (Å²) in [4.78, 5) is 30.9. The lowest BCUT2D eigenvalue weighted by molar-refractivity contribution is -0.116. The van der Waals surface area contributed by atoms with Crippen LogP contribution in [0.4, 0.5) is 5.69 Å². The van der Waals surface area contributed by atoms with Gasteiger partial charge in [0.1, 0.15) is 16.9 Å². The number of nitrogens with one attached hydrogen (secondary N) is 1. The van der Waals surface area contributed by atoms with Crippen molar-refractivity contribution in [3.8, 4) is 17.2 Å². The Morgan fingerprint density at radius 1 is 1.18 bits per heavy atom. The van der Waals surface area contributed by atoms with Crippen LogP contribution in [0.1, 0.15) is 18.0 Å². The van der Waals surface area contributed by atoms with Crippen LogP contribution >= 0.6 is 11.8 Å². The zero-order chi connectivity index (χ0) is 23.8. The van der Waals surface area contributed by atoms with Crippen molar-refractivity contribution in [2.45, 2.75) is 24.5 Å². The molecule has 4 aromatic rings. The number of anilines is 1. The van der Waals surface area contributed by atoms with Crippen molar-refractivity contribution in [3.05, 3.63) is 64.6 Å². The van der Waals surface area contributed by atoms with Crippen molar-refractivity contribution in [2.24, 2.45) is 0 Å². The number of fused-ring (bicyclic) bond motifs is 2. The lowest BCUT2D eigenvalue weighted by Gasteiger charge is -2.15. The molecule has 1 unspecified atom stereocenters. The lowest BCUT2D eigenvalue weighted by atomic mass is 10.2. The average Bonchev–Trinajstić information content (AvgIpc) is 3.44. The van der Waals surface area contributed by atoms with Crippen LogP contribution in [0.5, 0.6) is 11.5 Å². The number of ether oxygens (including phenoxy) is 2. The van der Waals surface area contributed by atoms with E-state index in [1.807, 2.05) is 31.2 Å². The third-order valence-corrected chi connectivity index (χ3v) is 6.85. The van der Waals surface area contributed by atoms with Gasteiger partial charge in [-0.2, -0.15) is 5.10 Å². The fourth-order valence-electron chi connectivity index (χ4n) is 3.98. The fourth-order valence-corrected chi connectivity index (χ4v) is 5.11. The number of hydrogen-bond acceptors (Lipinski definition) is 7. The van der Waals surface area contributed by atoms with Crippen LogP contribution in [0, 0.1) is 6.92 Å². The van der Waals surface area contributed by atoms with Crippen LogP contribution in [0.2, 0.25) is 0 Å². The van der Waals surface area contributed by atoms with Crippen LogP contribution < -0.4 is 20.3 Å². The first-order chi connectivity index (χ1) is 16.5. The van der Waals surface area contributed by atoms with Crippen LogP contribution in [-0.4, -0.2) is 45.2 Å². The molecule has 3 heterocycles. The van der Waals surface area contributed by atoms with E-state index in [0.717, 1.165) is 11.3 Å². The van der Waals surface area contributed by atoms with Crippen LogP contribution in [-0.2, 0) is 4.79 Å². The normalized spacial score (nSPS) is 14.7. The van der Waals surface area contributed by atoms with Gasteiger partial charge in [0.25, 0.3) is 5.56 Å². The molecule has 1 amide bonds. The second-order valence-corrected chi connectivity index (χ2v) is 8.97. The molecule has 0 aliphatic carbocycles. The molecule has 0 saturated carbocycles. The number of benzene rings is 2. The summed E-state index contributed by atoms with van der Waals surface area (Å²) < 4.78 is 13.9. The highest BCUT2D eigenvalue weighted by molar-refractivity contribution is 7.99. The first-order valence-electron chi connectivity index (χ1n) is 10.7. The summed E-state index contributed by atoms with van der Waals surface area (Å²) in [6.45, 7) is 2.01. The van der Waals surface area contributed by atoms with Gasteiger partial charge in [0.15, 0.2) is 10.8 Å². The Bertz CT molecular complexity index is 1440. The molecule has 1 N–H and O–H groups in total. The highest BCUT2D eigenvalue weighted by Gasteiger charge is 2.30. The molecule has 2 aromatic heterocycles. The second-order valence-electron chi connectivity index (χ2n) is 7.98. The lowest BCUT2D eigenvalue weighted by Crippen LogP contribution is -2.27. The smallest absolute Gasteiger partial charge is 0.265 e. The van der Waals surface area contributed by atoms with Crippen molar-refractivity contribution in [1.29, 1.82) is 0 Å². The van der Waals surface area contributed by atoms with E-state index < -0.39 is 0 Å². The number of carbonyl (C=O) groups is 1. The van der Waals surface area contributed by atoms with Crippen molar-refractivity contribution in [3.63, 3.8) is 0 Å². The Hall–Kier alpha value is -3.79. The summed E-state index contributed by atoms with van der Waals surface area (Å²) in [5, 5.41) is 8.28. The second kappa shape index (κ2) is 8.86. The number of methoxy groups -OCH3 is 2. The number of nitrogens with zero attached hydrogens (tertiary/aromatic N) is 4. The van der Waals surface area contributed by atoms with E-state index in [1.165, 1.54) is 18.9 Å². The van der Waals surface area contributed by atoms with Crippen molar-refractivity contribution < 1.29 is 14.3 Å². The van der Waals surface area contributed by atoms with Gasteiger partial charge in [0.2, 0.25) is 5.91 Å². The zero-order valence-corrected chi connectivity index (χ0v) is 19.8. The van der Waals surface area contributed by atoms with Gasteiger partial charge in [0.05, 0.1) is 37.8 Å². The summed E-state index contributed by atoms with van der Waals surface area (Å²) in [6.07, 6.45) is 1.67. The summed E-state index contributed by atoms with van der Waals surface area (Å²) >= 11 is 1.46. The Morgan fingerprint density at radius 2 is 1.97 bits per heavy atom. The number of amides is 1. The fraction of sp³-hybridized carbons (Fsp3) is 0.250. The molecule has 0 fully saturated rings. The SMILES string of the molecule is COc1ccc(OC)c(NC(=O)CC2CSc3nc4c(cnn4-c4ccc(C)cc4)c(=O)n32)c1. The highest BCUT2D eigenvalue weighted by atomic mass is 32.2. The quantitative estimate of drug-likeness (QED) is 0.424. The van der Waals surface area contributed by atoms with Crippen LogP contribution in [0.15, 0.2) is 58.6 Å². The highest BCUT2D eigenvalue weighted by Crippen LogP contribution is 2.34. The molecule has 1 aliphatic heterocycles.